The topological polar surface area (TPSA) is 181 Å². The molecule has 4 amide bonds. The molecule has 0 spiro atoms. The number of carbonyl (C=O) groups is 4. The molecular weight excluding hydrogens is 640 g/mol. The van der Waals surface area contributed by atoms with E-state index in [1.165, 1.54) is 0 Å². The molecule has 0 aromatic rings. The summed E-state index contributed by atoms with van der Waals surface area (Å²) in [7, 11) is 3.21. The van der Waals surface area contributed by atoms with Gasteiger partial charge < -0.3 is 54.4 Å². The van der Waals surface area contributed by atoms with Crippen molar-refractivity contribution in [2.24, 2.45) is 17.8 Å². The maximum Gasteiger partial charge on any atom is 0.246 e. The van der Waals surface area contributed by atoms with E-state index in [9.17, 15) is 19.2 Å². The molecule has 0 aromatic heterocycles. The van der Waals surface area contributed by atoms with Gasteiger partial charge in [-0.1, -0.05) is 60.8 Å². The van der Waals surface area contributed by atoms with E-state index in [2.05, 4.69) is 21.3 Å². The Bertz CT molecular complexity index is 883. The lowest BCUT2D eigenvalue weighted by atomic mass is 9.93. The molecule has 15 nitrogen and oxygen atoms in total. The van der Waals surface area contributed by atoms with Crippen LogP contribution in [0.2, 0.25) is 0 Å². The molecule has 0 aliphatic rings. The fourth-order valence-electron chi connectivity index (χ4n) is 4.37. The third kappa shape index (κ3) is 22.1. The minimum absolute atomic E-state index is 0.167. The van der Waals surface area contributed by atoms with Gasteiger partial charge in [-0.3, -0.25) is 19.2 Å². The fraction of sp³-hybridized carbons (Fsp3) is 0.882. The minimum atomic E-state index is -0.923. The van der Waals surface area contributed by atoms with Crippen LogP contribution < -0.4 is 21.3 Å². The summed E-state index contributed by atoms with van der Waals surface area (Å²) in [4.78, 5) is 53.1. The van der Waals surface area contributed by atoms with Gasteiger partial charge in [0.05, 0.1) is 72.7 Å². The van der Waals surface area contributed by atoms with E-state index in [1.807, 2.05) is 41.5 Å². The maximum absolute atomic E-state index is 13.7. The Morgan fingerprint density at radius 2 is 0.816 bits per heavy atom. The average Bonchev–Trinajstić information content (AvgIpc) is 3.10. The second-order valence-corrected chi connectivity index (χ2v) is 12.0. The van der Waals surface area contributed by atoms with Crippen LogP contribution in [0, 0.1) is 17.8 Å². The summed E-state index contributed by atoms with van der Waals surface area (Å²) < 4.78 is 36.8. The number of methoxy groups -OCH3 is 2. The average molecular weight is 707 g/mol. The van der Waals surface area contributed by atoms with Gasteiger partial charge in [-0.05, 0) is 17.8 Å². The second kappa shape index (κ2) is 30.4. The van der Waals surface area contributed by atoms with Crippen LogP contribution in [0.15, 0.2) is 0 Å². The van der Waals surface area contributed by atoms with Crippen molar-refractivity contribution in [3.8, 4) is 0 Å². The predicted octanol–water partition coefficient (Wildman–Crippen LogP) is 1.07. The number of nitrogens with one attached hydrogen (secondary N) is 4. The minimum Gasteiger partial charge on any atom is -0.382 e. The van der Waals surface area contributed by atoms with Crippen LogP contribution in [-0.2, 0) is 52.3 Å². The molecule has 0 aliphatic carbocycles. The quantitative estimate of drug-likeness (QED) is 0.0735. The number of hydrogen-bond donors (Lipinski definition) is 4. The Morgan fingerprint density at radius 1 is 0.469 bits per heavy atom. The molecule has 0 radical (unpaired) electrons. The summed E-state index contributed by atoms with van der Waals surface area (Å²) >= 11 is 0. The summed E-state index contributed by atoms with van der Waals surface area (Å²) in [5.74, 6) is -2.36. The van der Waals surface area contributed by atoms with Gasteiger partial charge in [0.1, 0.15) is 24.7 Å². The number of rotatable bonds is 32. The van der Waals surface area contributed by atoms with Gasteiger partial charge >= 0.3 is 0 Å². The molecule has 4 N–H and O–H groups in total. The van der Waals surface area contributed by atoms with Gasteiger partial charge in [0.25, 0.3) is 0 Å². The second-order valence-electron chi connectivity index (χ2n) is 12.0. The highest BCUT2D eigenvalue weighted by Crippen LogP contribution is 2.14. The molecule has 0 aliphatic heterocycles. The first-order valence-corrected chi connectivity index (χ1v) is 17.6. The van der Waals surface area contributed by atoms with Crippen LogP contribution >= 0.6 is 0 Å². The normalized spacial score (nSPS) is 15.0. The smallest absolute Gasteiger partial charge is 0.246 e. The monoisotopic (exact) mass is 706 g/mol. The van der Waals surface area contributed by atoms with Crippen LogP contribution in [-0.4, -0.2) is 142 Å². The lowest BCUT2D eigenvalue weighted by molar-refractivity contribution is -0.136. The van der Waals surface area contributed by atoms with E-state index >= 15 is 0 Å². The van der Waals surface area contributed by atoms with Crippen LogP contribution in [0.3, 0.4) is 0 Å². The van der Waals surface area contributed by atoms with Crippen molar-refractivity contribution in [1.82, 2.24) is 21.3 Å². The molecule has 288 valence electrons. The predicted molar refractivity (Wildman–Crippen MR) is 185 cm³/mol. The summed E-state index contributed by atoms with van der Waals surface area (Å²) in [5.41, 5.74) is 0. The molecule has 0 saturated heterocycles. The summed E-state index contributed by atoms with van der Waals surface area (Å²) in [5, 5.41) is 11.3. The molecule has 0 rings (SSSR count). The Hall–Kier alpha value is -2.40. The van der Waals surface area contributed by atoms with E-state index in [4.69, 9.17) is 33.2 Å². The van der Waals surface area contributed by atoms with Crippen molar-refractivity contribution in [3.63, 3.8) is 0 Å². The molecular formula is C34H66N4O11. The van der Waals surface area contributed by atoms with Crippen LogP contribution in [0.5, 0.6) is 0 Å². The maximum atomic E-state index is 13.7. The largest absolute Gasteiger partial charge is 0.382 e. The van der Waals surface area contributed by atoms with Gasteiger partial charge in [-0.15, -0.1) is 0 Å². The Balaban J connectivity index is 5.12. The molecule has 0 bridgehead atoms. The third-order valence-corrected chi connectivity index (χ3v) is 8.16. The first-order valence-electron chi connectivity index (χ1n) is 17.6. The molecule has 0 fully saturated rings. The van der Waals surface area contributed by atoms with Gasteiger partial charge in [-0.2, -0.15) is 0 Å². The van der Waals surface area contributed by atoms with E-state index in [-0.39, 0.29) is 50.0 Å². The summed E-state index contributed by atoms with van der Waals surface area (Å²) in [6.07, 6.45) is 1.86. The van der Waals surface area contributed by atoms with E-state index in [0.717, 1.165) is 0 Å². The third-order valence-electron chi connectivity index (χ3n) is 8.16. The zero-order chi connectivity index (χ0) is 36.9. The highest BCUT2D eigenvalue weighted by atomic mass is 16.6. The van der Waals surface area contributed by atoms with E-state index in [0.29, 0.717) is 78.7 Å². The Labute approximate surface area is 293 Å². The Morgan fingerprint density at radius 3 is 1.22 bits per heavy atom. The zero-order valence-corrected chi connectivity index (χ0v) is 31.3. The first-order chi connectivity index (χ1) is 23.6. The molecule has 49 heavy (non-hydrogen) atoms. The van der Waals surface area contributed by atoms with Crippen LogP contribution in [0.4, 0.5) is 0 Å². The van der Waals surface area contributed by atoms with Gasteiger partial charge in [-0.25, -0.2) is 0 Å². The number of hydrogen-bond acceptors (Lipinski definition) is 11. The standard InChI is InChI=1S/C34H66N4O11/c1-9-25(4)29(32(40)35-12-13-45-18-19-46-16-14-43-7)37-34(42)31(27(6)11-3)38-33(41)30(26(5)10-2)36-28(39)24-49-23-22-48-21-20-47-17-15-44-8/h25-27,29-31H,9-24H2,1-8H3,(H,35,40)(H,36,39)(H,37,42)(H,38,41)/t25-,26-,27-,29-,30-,31-/m0/s1. The molecule has 0 saturated carbocycles. The van der Waals surface area contributed by atoms with Crippen molar-refractivity contribution < 1.29 is 52.3 Å². The van der Waals surface area contributed by atoms with E-state index in [1.54, 1.807) is 14.2 Å². The van der Waals surface area contributed by atoms with Gasteiger partial charge in [0, 0.05) is 20.8 Å². The Kier molecular flexibility index (Phi) is 28.9. The van der Waals surface area contributed by atoms with Crippen molar-refractivity contribution in [1.29, 1.82) is 0 Å². The van der Waals surface area contributed by atoms with Crippen molar-refractivity contribution in [3.05, 3.63) is 0 Å². The highest BCUT2D eigenvalue weighted by molar-refractivity contribution is 5.94. The molecule has 15 heteroatoms. The lowest BCUT2D eigenvalue weighted by Gasteiger charge is -2.31. The molecule has 0 unspecified atom stereocenters. The first kappa shape index (κ1) is 46.6. The highest BCUT2D eigenvalue weighted by Gasteiger charge is 2.34. The number of carbonyl (C=O) groups excluding carboxylic acids is 4. The molecule has 0 heterocycles. The summed E-state index contributed by atoms with van der Waals surface area (Å²) in [6, 6.07) is -2.62. The fourth-order valence-corrected chi connectivity index (χ4v) is 4.37. The number of ether oxygens (including phenoxy) is 7. The zero-order valence-electron chi connectivity index (χ0n) is 31.3. The van der Waals surface area contributed by atoms with Crippen LogP contribution in [0.25, 0.3) is 0 Å². The van der Waals surface area contributed by atoms with E-state index < -0.39 is 35.8 Å². The molecule has 0 aromatic carbocycles. The van der Waals surface area contributed by atoms with Gasteiger partial charge in [0.2, 0.25) is 23.6 Å². The van der Waals surface area contributed by atoms with Crippen molar-refractivity contribution >= 4 is 23.6 Å². The summed E-state index contributed by atoms with van der Waals surface area (Å²) in [6.45, 7) is 15.8. The van der Waals surface area contributed by atoms with Crippen molar-refractivity contribution in [2.75, 3.05) is 100 Å². The number of amides is 4. The lowest BCUT2D eigenvalue weighted by Crippen LogP contribution is -2.60. The molecule has 6 atom stereocenters. The van der Waals surface area contributed by atoms with Crippen molar-refractivity contribution in [2.45, 2.75) is 78.9 Å². The SMILES string of the molecule is CC[C@H](C)[C@H](NC(=O)COCCOCCOCCOC)C(=O)N[C@H](C(=O)N[C@H](C(=O)NCCOCCOCCOC)[C@@H](C)CC)[C@@H](C)CC. The van der Waals surface area contributed by atoms with Gasteiger partial charge in [0.15, 0.2) is 0 Å². The van der Waals surface area contributed by atoms with Crippen LogP contribution in [0.1, 0.15) is 60.8 Å².